The number of nitrogens with zero attached hydrogens (tertiary/aromatic N) is 1. The summed E-state index contributed by atoms with van der Waals surface area (Å²) in [5.41, 5.74) is 0.901. The quantitative estimate of drug-likeness (QED) is 0.580. The van der Waals surface area contributed by atoms with Crippen LogP contribution in [-0.4, -0.2) is 22.2 Å². The van der Waals surface area contributed by atoms with E-state index in [1.54, 1.807) is 25.6 Å². The fourth-order valence-electron chi connectivity index (χ4n) is 1.48. The smallest absolute Gasteiger partial charge is 0.126 e. The molecule has 6 heteroatoms. The Bertz CT molecular complexity index is 338. The normalized spacial score (nSPS) is 12.4. The molecule has 0 aliphatic rings. The van der Waals surface area contributed by atoms with Crippen LogP contribution in [0.15, 0.2) is 18.5 Å². The van der Waals surface area contributed by atoms with Crippen LogP contribution in [0.1, 0.15) is 24.4 Å². The summed E-state index contributed by atoms with van der Waals surface area (Å²) in [5.74, 6) is 1.32. The molecule has 90 valence electrons. The number of hydrogen-bond acceptors (Lipinski definition) is 3. The Morgan fingerprint density at radius 2 is 2.50 bits per heavy atom. The molecule has 0 amide bonds. The molecular formula is C10H15ClN2O2S. The first-order valence-corrected chi connectivity index (χ1v) is 6.30. The van der Waals surface area contributed by atoms with Gasteiger partial charge in [-0.3, -0.25) is 4.98 Å². The van der Waals surface area contributed by atoms with Gasteiger partial charge in [0.2, 0.25) is 0 Å². The lowest BCUT2D eigenvalue weighted by Gasteiger charge is -2.17. The number of hydrogen-bond donors (Lipinski definition) is 2. The van der Waals surface area contributed by atoms with Gasteiger partial charge in [-0.2, -0.15) is 0 Å². The van der Waals surface area contributed by atoms with Crippen molar-refractivity contribution in [2.24, 2.45) is 0 Å². The van der Waals surface area contributed by atoms with Crippen molar-refractivity contribution in [3.8, 4) is 5.75 Å². The first-order valence-electron chi connectivity index (χ1n) is 4.95. The van der Waals surface area contributed by atoms with E-state index in [0.717, 1.165) is 24.2 Å². The van der Waals surface area contributed by atoms with Gasteiger partial charge in [-0.05, 0) is 18.9 Å². The van der Waals surface area contributed by atoms with Gasteiger partial charge in [0.1, 0.15) is 5.75 Å². The molecular weight excluding hydrogens is 248 g/mol. The average Bonchev–Trinajstić information content (AvgIpc) is 2.34. The highest BCUT2D eigenvalue weighted by atomic mass is 35.5. The van der Waals surface area contributed by atoms with Crippen molar-refractivity contribution in [3.05, 3.63) is 24.0 Å². The zero-order chi connectivity index (χ0) is 11.8. The lowest BCUT2D eigenvalue weighted by molar-refractivity contribution is 0.401. The molecule has 1 heterocycles. The van der Waals surface area contributed by atoms with E-state index in [9.17, 15) is 4.21 Å². The maximum absolute atomic E-state index is 10.6. The number of rotatable bonds is 7. The fraction of sp³-hybridized carbons (Fsp3) is 0.500. The van der Waals surface area contributed by atoms with Crippen LogP contribution in [0, 0.1) is 0 Å². The van der Waals surface area contributed by atoms with E-state index in [1.807, 2.05) is 0 Å². The first-order chi connectivity index (χ1) is 7.83. The van der Waals surface area contributed by atoms with E-state index in [-0.39, 0.29) is 17.9 Å². The van der Waals surface area contributed by atoms with E-state index in [2.05, 4.69) is 9.71 Å². The van der Waals surface area contributed by atoms with Crippen molar-refractivity contribution in [1.82, 2.24) is 9.71 Å². The molecule has 1 rings (SSSR count). The molecule has 0 bridgehead atoms. The summed E-state index contributed by atoms with van der Waals surface area (Å²) in [4.78, 5) is 4.05. The largest absolute Gasteiger partial charge is 0.496 e. The standard InChI is InChI=1S/C10H15ClN2O2S/c1-15-10-4-6-12-7-8(10)9(13-16-14)3-2-5-11/h4,6-7,9,16H,2-3,5H2,1H3,(H,13,14). The molecule has 0 fully saturated rings. The number of pyridine rings is 1. The van der Waals surface area contributed by atoms with E-state index in [1.165, 1.54) is 0 Å². The minimum Gasteiger partial charge on any atom is -0.496 e. The van der Waals surface area contributed by atoms with Gasteiger partial charge in [-0.15, -0.1) is 11.6 Å². The summed E-state index contributed by atoms with van der Waals surface area (Å²) >= 11 is 5.55. The summed E-state index contributed by atoms with van der Waals surface area (Å²) < 4.78 is 18.7. The molecule has 1 aromatic heterocycles. The van der Waals surface area contributed by atoms with Crippen LogP contribution in [0.4, 0.5) is 0 Å². The molecule has 1 atom stereocenters. The van der Waals surface area contributed by atoms with E-state index >= 15 is 0 Å². The Morgan fingerprint density at radius 1 is 1.69 bits per heavy atom. The molecule has 0 aromatic carbocycles. The number of ether oxygens (including phenoxy) is 1. The Kier molecular flexibility index (Phi) is 6.37. The Morgan fingerprint density at radius 3 is 3.12 bits per heavy atom. The number of nitrogens with one attached hydrogen (secondary N) is 1. The highest BCUT2D eigenvalue weighted by Crippen LogP contribution is 2.26. The van der Waals surface area contributed by atoms with Crippen molar-refractivity contribution in [1.29, 1.82) is 0 Å². The summed E-state index contributed by atoms with van der Waals surface area (Å²) in [5, 5.41) is 0. The second-order valence-corrected chi connectivity index (χ2v) is 4.04. The van der Waals surface area contributed by atoms with E-state index < -0.39 is 0 Å². The highest BCUT2D eigenvalue weighted by Gasteiger charge is 2.15. The van der Waals surface area contributed by atoms with Gasteiger partial charge in [-0.25, -0.2) is 8.93 Å². The van der Waals surface area contributed by atoms with Gasteiger partial charge in [-0.1, -0.05) is 0 Å². The van der Waals surface area contributed by atoms with Crippen molar-refractivity contribution in [3.63, 3.8) is 0 Å². The molecule has 4 nitrogen and oxygen atoms in total. The van der Waals surface area contributed by atoms with E-state index in [4.69, 9.17) is 16.3 Å². The van der Waals surface area contributed by atoms with Crippen molar-refractivity contribution in [2.75, 3.05) is 13.0 Å². The Labute approximate surface area is 104 Å². The summed E-state index contributed by atoms with van der Waals surface area (Å²) in [6, 6.07) is 1.73. The van der Waals surface area contributed by atoms with Gasteiger partial charge >= 0.3 is 0 Å². The van der Waals surface area contributed by atoms with Gasteiger partial charge in [0.15, 0.2) is 0 Å². The maximum atomic E-state index is 10.6. The molecule has 0 spiro atoms. The molecule has 1 N–H and O–H groups in total. The fourth-order valence-corrected chi connectivity index (χ4v) is 2.03. The van der Waals surface area contributed by atoms with Crippen molar-refractivity contribution < 1.29 is 8.95 Å². The number of aromatic nitrogens is 1. The van der Waals surface area contributed by atoms with Crippen LogP contribution in [0.3, 0.4) is 0 Å². The summed E-state index contributed by atoms with van der Waals surface area (Å²) in [7, 11) is 1.60. The molecule has 0 aliphatic carbocycles. The second kappa shape index (κ2) is 7.60. The predicted molar refractivity (Wildman–Crippen MR) is 66.2 cm³/mol. The topological polar surface area (TPSA) is 51.2 Å². The third-order valence-electron chi connectivity index (χ3n) is 2.24. The maximum Gasteiger partial charge on any atom is 0.126 e. The third kappa shape index (κ3) is 3.73. The molecule has 1 unspecified atom stereocenters. The Balaban J connectivity index is 2.85. The summed E-state index contributed by atoms with van der Waals surface area (Å²) in [6.07, 6.45) is 5.01. The number of halogens is 1. The van der Waals surface area contributed by atoms with Crippen molar-refractivity contribution in [2.45, 2.75) is 18.9 Å². The minimum absolute atomic E-state index is 0.0541. The molecule has 0 saturated carbocycles. The van der Waals surface area contributed by atoms with Crippen LogP contribution in [0.2, 0.25) is 0 Å². The van der Waals surface area contributed by atoms with Crippen LogP contribution >= 0.6 is 11.6 Å². The molecule has 0 aliphatic heterocycles. The molecule has 0 saturated heterocycles. The van der Waals surface area contributed by atoms with Crippen LogP contribution in [0.5, 0.6) is 5.75 Å². The van der Waals surface area contributed by atoms with Crippen LogP contribution < -0.4 is 9.46 Å². The lowest BCUT2D eigenvalue weighted by atomic mass is 10.0. The van der Waals surface area contributed by atoms with Gasteiger partial charge in [0, 0.05) is 29.9 Å². The first kappa shape index (κ1) is 13.4. The number of alkyl halides is 1. The zero-order valence-corrected chi connectivity index (χ0v) is 10.7. The predicted octanol–water partition coefficient (Wildman–Crippen LogP) is 1.60. The SMILES string of the molecule is COc1ccncc1C(CCCCl)N[SH]=O. The minimum atomic E-state index is -0.103. The zero-order valence-electron chi connectivity index (χ0n) is 9.02. The molecule has 16 heavy (non-hydrogen) atoms. The lowest BCUT2D eigenvalue weighted by Crippen LogP contribution is -2.18. The summed E-state index contributed by atoms with van der Waals surface area (Å²) in [6.45, 7) is 0. The Hall–Kier alpha value is -0.650. The van der Waals surface area contributed by atoms with Gasteiger partial charge in [0.05, 0.1) is 19.0 Å². The van der Waals surface area contributed by atoms with Crippen LogP contribution in [-0.2, 0) is 11.9 Å². The van der Waals surface area contributed by atoms with Crippen LogP contribution in [0.25, 0.3) is 0 Å². The molecule has 0 radical (unpaired) electrons. The molecule has 1 aromatic rings. The number of methoxy groups -OCH3 is 1. The van der Waals surface area contributed by atoms with Gasteiger partial charge < -0.3 is 4.74 Å². The second-order valence-electron chi connectivity index (χ2n) is 3.22. The monoisotopic (exact) mass is 262 g/mol. The van der Waals surface area contributed by atoms with Crippen molar-refractivity contribution >= 4 is 23.5 Å². The number of thiol groups is 1. The van der Waals surface area contributed by atoms with Gasteiger partial charge in [0.25, 0.3) is 0 Å². The third-order valence-corrected chi connectivity index (χ3v) is 2.92. The van der Waals surface area contributed by atoms with E-state index in [0.29, 0.717) is 5.88 Å². The average molecular weight is 263 g/mol. The highest BCUT2D eigenvalue weighted by molar-refractivity contribution is 7.63.